The summed E-state index contributed by atoms with van der Waals surface area (Å²) in [4.78, 5) is 35.5. The lowest BCUT2D eigenvalue weighted by atomic mass is 10.1. The van der Waals surface area contributed by atoms with Crippen LogP contribution in [0.25, 0.3) is 6.08 Å². The molecule has 0 aromatic heterocycles. The SMILES string of the molecule is C[C@H](NC(=O)/C(=C/c1ccc(F)cc1)NC(=O)c1ccccc1)C(=O)[O-]. The number of carboxylic acid groups (broad SMARTS) is 1. The van der Waals surface area contributed by atoms with E-state index < -0.39 is 29.6 Å². The fourth-order valence-electron chi connectivity index (χ4n) is 2.00. The molecule has 2 rings (SSSR count). The first-order valence-corrected chi connectivity index (χ1v) is 7.72. The number of carboxylic acids is 1. The minimum atomic E-state index is -1.46. The molecule has 0 bridgehead atoms. The molecule has 0 aliphatic rings. The van der Waals surface area contributed by atoms with Crippen LogP contribution in [0.5, 0.6) is 0 Å². The van der Waals surface area contributed by atoms with Gasteiger partial charge in [-0.15, -0.1) is 0 Å². The highest BCUT2D eigenvalue weighted by Crippen LogP contribution is 2.09. The maximum absolute atomic E-state index is 13.0. The van der Waals surface area contributed by atoms with Crippen molar-refractivity contribution < 1.29 is 23.9 Å². The first kappa shape index (κ1) is 18.9. The molecule has 0 spiro atoms. The highest BCUT2D eigenvalue weighted by atomic mass is 19.1. The van der Waals surface area contributed by atoms with Gasteiger partial charge in [0, 0.05) is 5.56 Å². The van der Waals surface area contributed by atoms with Crippen LogP contribution in [-0.4, -0.2) is 23.8 Å². The third kappa shape index (κ3) is 5.27. The molecule has 0 saturated carbocycles. The van der Waals surface area contributed by atoms with Gasteiger partial charge >= 0.3 is 0 Å². The van der Waals surface area contributed by atoms with Crippen molar-refractivity contribution in [3.05, 3.63) is 77.2 Å². The normalized spacial score (nSPS) is 12.2. The third-order valence-electron chi connectivity index (χ3n) is 3.41. The Hall–Kier alpha value is -3.48. The van der Waals surface area contributed by atoms with Crippen LogP contribution in [0.4, 0.5) is 4.39 Å². The van der Waals surface area contributed by atoms with Crippen molar-refractivity contribution in [1.82, 2.24) is 10.6 Å². The summed E-state index contributed by atoms with van der Waals surface area (Å²) in [6.07, 6.45) is 1.32. The van der Waals surface area contributed by atoms with Crippen LogP contribution in [0.2, 0.25) is 0 Å². The summed E-state index contributed by atoms with van der Waals surface area (Å²) in [5, 5.41) is 15.5. The quantitative estimate of drug-likeness (QED) is 0.751. The number of hydrogen-bond donors (Lipinski definition) is 2. The van der Waals surface area contributed by atoms with E-state index in [1.165, 1.54) is 37.3 Å². The van der Waals surface area contributed by atoms with Crippen LogP contribution in [0, 0.1) is 5.82 Å². The smallest absolute Gasteiger partial charge is 0.268 e. The molecular weight excluding hydrogens is 339 g/mol. The number of carbonyl (C=O) groups is 3. The van der Waals surface area contributed by atoms with Gasteiger partial charge in [-0.2, -0.15) is 0 Å². The fourth-order valence-corrected chi connectivity index (χ4v) is 2.00. The molecule has 134 valence electrons. The number of nitrogens with one attached hydrogen (secondary N) is 2. The van der Waals surface area contributed by atoms with Gasteiger partial charge in [-0.05, 0) is 42.8 Å². The minimum absolute atomic E-state index is 0.182. The van der Waals surface area contributed by atoms with Gasteiger partial charge in [0.2, 0.25) is 0 Å². The standard InChI is InChI=1S/C19H17FN2O4/c1-12(19(25)26)21-18(24)16(11-13-7-9-15(20)10-8-13)22-17(23)14-5-3-2-4-6-14/h2-12H,1H3,(H,21,24)(H,22,23)(H,25,26)/p-1/b16-11-/t12-/m0/s1. The van der Waals surface area contributed by atoms with Gasteiger partial charge in [-0.25, -0.2) is 4.39 Å². The van der Waals surface area contributed by atoms with Crippen molar-refractivity contribution in [2.75, 3.05) is 0 Å². The number of aliphatic carboxylic acids is 1. The average molecular weight is 355 g/mol. The summed E-state index contributed by atoms with van der Waals surface area (Å²) in [7, 11) is 0. The van der Waals surface area contributed by atoms with Crippen molar-refractivity contribution in [2.24, 2.45) is 0 Å². The monoisotopic (exact) mass is 355 g/mol. The van der Waals surface area contributed by atoms with Gasteiger partial charge in [0.15, 0.2) is 0 Å². The van der Waals surface area contributed by atoms with Crippen molar-refractivity contribution in [2.45, 2.75) is 13.0 Å². The van der Waals surface area contributed by atoms with Gasteiger partial charge in [-0.3, -0.25) is 9.59 Å². The van der Waals surface area contributed by atoms with Gasteiger partial charge in [-0.1, -0.05) is 30.3 Å². The molecule has 2 aromatic rings. The molecule has 7 heteroatoms. The van der Waals surface area contributed by atoms with Crippen LogP contribution in [0.3, 0.4) is 0 Å². The maximum atomic E-state index is 13.0. The number of rotatable bonds is 6. The molecule has 26 heavy (non-hydrogen) atoms. The summed E-state index contributed by atoms with van der Waals surface area (Å²) in [5.41, 5.74) is 0.586. The van der Waals surface area contributed by atoms with E-state index in [0.29, 0.717) is 11.1 Å². The van der Waals surface area contributed by atoms with Crippen molar-refractivity contribution in [1.29, 1.82) is 0 Å². The summed E-state index contributed by atoms with van der Waals surface area (Å²) >= 11 is 0. The molecule has 0 heterocycles. The lowest BCUT2D eigenvalue weighted by Crippen LogP contribution is -2.48. The van der Waals surface area contributed by atoms with E-state index in [1.54, 1.807) is 30.3 Å². The molecule has 1 atom stereocenters. The van der Waals surface area contributed by atoms with Crippen molar-refractivity contribution >= 4 is 23.9 Å². The van der Waals surface area contributed by atoms with E-state index in [4.69, 9.17) is 0 Å². The predicted octanol–water partition coefficient (Wildman–Crippen LogP) is 0.851. The lowest BCUT2D eigenvalue weighted by molar-refractivity contribution is -0.307. The third-order valence-corrected chi connectivity index (χ3v) is 3.41. The van der Waals surface area contributed by atoms with E-state index in [9.17, 15) is 23.9 Å². The lowest BCUT2D eigenvalue weighted by Gasteiger charge is -2.17. The zero-order valence-electron chi connectivity index (χ0n) is 13.9. The topological polar surface area (TPSA) is 98.3 Å². The Morgan fingerprint density at radius 2 is 1.65 bits per heavy atom. The number of carbonyl (C=O) groups excluding carboxylic acids is 3. The molecule has 2 amide bonds. The highest BCUT2D eigenvalue weighted by molar-refractivity contribution is 6.06. The van der Waals surface area contributed by atoms with Crippen LogP contribution >= 0.6 is 0 Å². The number of benzene rings is 2. The Morgan fingerprint density at radius 1 is 1.04 bits per heavy atom. The van der Waals surface area contributed by atoms with Crippen molar-refractivity contribution in [3.63, 3.8) is 0 Å². The Bertz CT molecular complexity index is 832. The Labute approximate surface area is 149 Å². The zero-order chi connectivity index (χ0) is 19.1. The molecule has 2 aromatic carbocycles. The number of amides is 2. The van der Waals surface area contributed by atoms with E-state index in [0.717, 1.165) is 0 Å². The highest BCUT2D eigenvalue weighted by Gasteiger charge is 2.17. The first-order chi connectivity index (χ1) is 12.4. The summed E-state index contributed by atoms with van der Waals surface area (Å²) in [5.74, 6) is -3.27. The van der Waals surface area contributed by atoms with Crippen molar-refractivity contribution in [3.8, 4) is 0 Å². The second-order valence-electron chi connectivity index (χ2n) is 5.44. The Morgan fingerprint density at radius 3 is 2.23 bits per heavy atom. The Balaban J connectivity index is 2.28. The van der Waals surface area contributed by atoms with E-state index in [-0.39, 0.29) is 5.70 Å². The molecule has 2 N–H and O–H groups in total. The van der Waals surface area contributed by atoms with Crippen LogP contribution in [-0.2, 0) is 9.59 Å². The molecule has 0 aliphatic heterocycles. The van der Waals surface area contributed by atoms with Gasteiger partial charge in [0.05, 0.1) is 12.0 Å². The van der Waals surface area contributed by atoms with Gasteiger partial charge in [0.25, 0.3) is 11.8 Å². The van der Waals surface area contributed by atoms with E-state index >= 15 is 0 Å². The Kier molecular flexibility index (Phi) is 6.21. The molecule has 0 unspecified atom stereocenters. The van der Waals surface area contributed by atoms with Gasteiger partial charge in [0.1, 0.15) is 11.5 Å². The molecule has 0 saturated heterocycles. The largest absolute Gasteiger partial charge is 0.548 e. The maximum Gasteiger partial charge on any atom is 0.268 e. The van der Waals surface area contributed by atoms with E-state index in [2.05, 4.69) is 10.6 Å². The van der Waals surface area contributed by atoms with Crippen LogP contribution in [0.15, 0.2) is 60.3 Å². The molecular formula is C19H16FN2O4-. The summed E-state index contributed by atoms with van der Waals surface area (Å²) in [6.45, 7) is 1.24. The van der Waals surface area contributed by atoms with Gasteiger partial charge < -0.3 is 20.5 Å². The van der Waals surface area contributed by atoms with E-state index in [1.807, 2.05) is 0 Å². The minimum Gasteiger partial charge on any atom is -0.548 e. The molecule has 0 aliphatic carbocycles. The predicted molar refractivity (Wildman–Crippen MR) is 90.9 cm³/mol. The second kappa shape index (κ2) is 8.57. The first-order valence-electron chi connectivity index (χ1n) is 7.72. The van der Waals surface area contributed by atoms with Crippen LogP contribution in [0.1, 0.15) is 22.8 Å². The zero-order valence-corrected chi connectivity index (χ0v) is 13.9. The number of halogens is 1. The molecule has 0 fully saturated rings. The second-order valence-corrected chi connectivity index (χ2v) is 5.44. The van der Waals surface area contributed by atoms with Crippen LogP contribution < -0.4 is 15.7 Å². The summed E-state index contributed by atoms with van der Waals surface area (Å²) in [6, 6.07) is 12.2. The molecule has 6 nitrogen and oxygen atoms in total. The summed E-state index contributed by atoms with van der Waals surface area (Å²) < 4.78 is 13.0. The fraction of sp³-hybridized carbons (Fsp3) is 0.105. The molecule has 0 radical (unpaired) electrons. The number of hydrogen-bond acceptors (Lipinski definition) is 4. The average Bonchev–Trinajstić information content (AvgIpc) is 2.63.